The van der Waals surface area contributed by atoms with Crippen LogP contribution in [0.1, 0.15) is 23.0 Å². The monoisotopic (exact) mass is 469 g/mol. The Balaban J connectivity index is 0.00000129. The number of ether oxygens (including phenoxy) is 3. The van der Waals surface area contributed by atoms with E-state index in [0.29, 0.717) is 28.5 Å². The zero-order chi connectivity index (χ0) is 25.1. The van der Waals surface area contributed by atoms with Crippen LogP contribution in [0, 0.1) is 6.92 Å². The SMILES string of the molecule is COc1cc(C(=O)N[C@@H](C)COc2cccc3nc(C)cc(N)c23)ccc1OCCO.O=C=O. The fourth-order valence-electron chi connectivity index (χ4n) is 3.19. The molecule has 2 aromatic carbocycles. The van der Waals surface area contributed by atoms with Crippen molar-refractivity contribution in [2.24, 2.45) is 0 Å². The summed E-state index contributed by atoms with van der Waals surface area (Å²) in [6, 6.07) is 12.0. The Morgan fingerprint density at radius 3 is 2.56 bits per heavy atom. The van der Waals surface area contributed by atoms with Crippen molar-refractivity contribution in [2.75, 3.05) is 32.7 Å². The van der Waals surface area contributed by atoms with Gasteiger partial charge in [-0.05, 0) is 50.2 Å². The minimum Gasteiger partial charge on any atom is -0.493 e. The number of nitrogens with two attached hydrogens (primary N) is 1. The number of aliphatic hydroxyl groups is 1. The Morgan fingerprint density at radius 2 is 1.88 bits per heavy atom. The van der Waals surface area contributed by atoms with E-state index in [-0.39, 0.29) is 37.9 Å². The van der Waals surface area contributed by atoms with Crippen LogP contribution in [0.4, 0.5) is 5.69 Å². The normalized spacial score (nSPS) is 10.9. The molecule has 1 atom stereocenters. The summed E-state index contributed by atoms with van der Waals surface area (Å²) < 4.78 is 16.6. The molecule has 0 aliphatic rings. The van der Waals surface area contributed by atoms with E-state index in [9.17, 15) is 4.79 Å². The molecule has 0 unspecified atom stereocenters. The first-order valence-electron chi connectivity index (χ1n) is 10.3. The highest BCUT2D eigenvalue weighted by atomic mass is 16.5. The number of carbonyl (C=O) groups is 1. The van der Waals surface area contributed by atoms with Gasteiger partial charge in [0.05, 0.1) is 30.7 Å². The number of hydrogen-bond acceptors (Lipinski definition) is 9. The van der Waals surface area contributed by atoms with Crippen LogP contribution in [0.15, 0.2) is 42.5 Å². The number of nitrogens with zero attached hydrogens (tertiary/aromatic N) is 1. The number of anilines is 1. The molecule has 1 heterocycles. The lowest BCUT2D eigenvalue weighted by Crippen LogP contribution is -2.36. The molecular weight excluding hydrogens is 442 g/mol. The number of methoxy groups -OCH3 is 1. The van der Waals surface area contributed by atoms with Crippen molar-refractivity contribution in [3.63, 3.8) is 0 Å². The number of fused-ring (bicyclic) bond motifs is 1. The third-order valence-corrected chi connectivity index (χ3v) is 4.60. The largest absolute Gasteiger partial charge is 0.493 e. The number of rotatable bonds is 9. The molecule has 34 heavy (non-hydrogen) atoms. The molecule has 3 rings (SSSR count). The summed E-state index contributed by atoms with van der Waals surface area (Å²) in [7, 11) is 1.49. The van der Waals surface area contributed by atoms with Gasteiger partial charge in [0, 0.05) is 16.9 Å². The number of pyridine rings is 1. The summed E-state index contributed by atoms with van der Waals surface area (Å²) in [6.07, 6.45) is 0.250. The fourth-order valence-corrected chi connectivity index (χ4v) is 3.19. The molecule has 0 fully saturated rings. The number of nitrogens with one attached hydrogen (secondary N) is 1. The average molecular weight is 469 g/mol. The Labute approximate surface area is 196 Å². The van der Waals surface area contributed by atoms with Crippen LogP contribution in [0.5, 0.6) is 17.2 Å². The third kappa shape index (κ3) is 6.93. The van der Waals surface area contributed by atoms with Gasteiger partial charge >= 0.3 is 6.15 Å². The lowest BCUT2D eigenvalue weighted by molar-refractivity contribution is -0.191. The van der Waals surface area contributed by atoms with Crippen molar-refractivity contribution in [1.82, 2.24) is 10.3 Å². The first-order chi connectivity index (χ1) is 16.3. The summed E-state index contributed by atoms with van der Waals surface area (Å²) >= 11 is 0. The molecule has 0 saturated carbocycles. The predicted molar refractivity (Wildman–Crippen MR) is 124 cm³/mol. The van der Waals surface area contributed by atoms with Crippen molar-refractivity contribution < 1.29 is 33.7 Å². The number of aliphatic hydroxyl groups excluding tert-OH is 1. The molecule has 180 valence electrons. The van der Waals surface area contributed by atoms with Crippen LogP contribution in [0.3, 0.4) is 0 Å². The fraction of sp³-hybridized carbons (Fsp3) is 0.292. The highest BCUT2D eigenvalue weighted by molar-refractivity contribution is 5.96. The van der Waals surface area contributed by atoms with Crippen molar-refractivity contribution in [1.29, 1.82) is 0 Å². The third-order valence-electron chi connectivity index (χ3n) is 4.60. The molecule has 4 N–H and O–H groups in total. The number of amides is 1. The Morgan fingerprint density at radius 1 is 1.15 bits per heavy atom. The van der Waals surface area contributed by atoms with Gasteiger partial charge in [-0.25, -0.2) is 0 Å². The molecule has 0 radical (unpaired) electrons. The lowest BCUT2D eigenvalue weighted by Gasteiger charge is -2.17. The number of hydrogen-bond donors (Lipinski definition) is 3. The van der Waals surface area contributed by atoms with Crippen LogP contribution < -0.4 is 25.3 Å². The van der Waals surface area contributed by atoms with Gasteiger partial charge in [-0.3, -0.25) is 9.78 Å². The van der Waals surface area contributed by atoms with Gasteiger partial charge in [-0.15, -0.1) is 0 Å². The average Bonchev–Trinajstić information content (AvgIpc) is 2.81. The van der Waals surface area contributed by atoms with E-state index in [1.54, 1.807) is 18.2 Å². The number of aromatic nitrogens is 1. The molecule has 10 heteroatoms. The van der Waals surface area contributed by atoms with Gasteiger partial charge in [0.25, 0.3) is 5.91 Å². The van der Waals surface area contributed by atoms with Crippen molar-refractivity contribution in [3.8, 4) is 17.2 Å². The minimum absolute atomic E-state index is 0.110. The quantitative estimate of drug-likeness (QED) is 0.428. The zero-order valence-corrected chi connectivity index (χ0v) is 19.2. The molecule has 1 amide bonds. The number of nitrogen functional groups attached to an aromatic ring is 1. The molecule has 0 bridgehead atoms. The molecule has 1 aromatic heterocycles. The minimum atomic E-state index is -0.266. The summed E-state index contributed by atoms with van der Waals surface area (Å²) in [6.45, 7) is 4.03. The zero-order valence-electron chi connectivity index (χ0n) is 19.2. The van der Waals surface area contributed by atoms with E-state index < -0.39 is 0 Å². The Kier molecular flexibility index (Phi) is 9.82. The molecule has 10 nitrogen and oxygen atoms in total. The van der Waals surface area contributed by atoms with Gasteiger partial charge in [-0.1, -0.05) is 6.07 Å². The lowest BCUT2D eigenvalue weighted by atomic mass is 10.1. The topological polar surface area (TPSA) is 150 Å². The van der Waals surface area contributed by atoms with E-state index in [1.165, 1.54) is 7.11 Å². The number of aryl methyl sites for hydroxylation is 1. The van der Waals surface area contributed by atoms with Crippen LogP contribution in [0.25, 0.3) is 10.9 Å². The number of benzene rings is 2. The van der Waals surface area contributed by atoms with Gasteiger partial charge in [0.1, 0.15) is 19.0 Å². The maximum atomic E-state index is 12.6. The molecule has 0 saturated heterocycles. The second kappa shape index (κ2) is 12.8. The summed E-state index contributed by atoms with van der Waals surface area (Å²) in [4.78, 5) is 33.4. The Hall–Kier alpha value is -4.14. The predicted octanol–water partition coefficient (Wildman–Crippen LogP) is 2.12. The highest BCUT2D eigenvalue weighted by Gasteiger charge is 2.15. The van der Waals surface area contributed by atoms with E-state index in [0.717, 1.165) is 16.6 Å². The van der Waals surface area contributed by atoms with Gasteiger partial charge in [-0.2, -0.15) is 9.59 Å². The van der Waals surface area contributed by atoms with Crippen molar-refractivity contribution in [3.05, 3.63) is 53.7 Å². The Bertz CT molecular complexity index is 1160. The first-order valence-corrected chi connectivity index (χ1v) is 10.3. The summed E-state index contributed by atoms with van der Waals surface area (Å²) in [5.41, 5.74) is 8.80. The molecule has 0 aliphatic carbocycles. The van der Waals surface area contributed by atoms with E-state index in [2.05, 4.69) is 10.3 Å². The maximum Gasteiger partial charge on any atom is 0.373 e. The molecular formula is C24H27N3O7. The van der Waals surface area contributed by atoms with Gasteiger partial charge in [0.15, 0.2) is 11.5 Å². The molecule has 0 spiro atoms. The standard InChI is InChI=1S/C23H27N3O5.CO2/c1-14-11-17(24)22-18(25-14)5-4-6-20(22)31-13-15(2)26-23(28)16-7-8-19(30-10-9-27)21(12-16)29-3;2-1-3/h4-8,11-12,15,27H,9-10,13H2,1-3H3,(H2,24,25)(H,26,28);/t15-;/m0./s1. The van der Waals surface area contributed by atoms with Crippen molar-refractivity contribution in [2.45, 2.75) is 19.9 Å². The van der Waals surface area contributed by atoms with Crippen LogP contribution in [-0.2, 0) is 9.59 Å². The van der Waals surface area contributed by atoms with Gasteiger partial charge < -0.3 is 30.4 Å². The second-order valence-electron chi connectivity index (χ2n) is 7.21. The highest BCUT2D eigenvalue weighted by Crippen LogP contribution is 2.30. The number of carbonyl (C=O) groups excluding carboxylic acids is 3. The maximum absolute atomic E-state index is 12.6. The summed E-state index contributed by atoms with van der Waals surface area (Å²) in [5.74, 6) is 1.23. The summed E-state index contributed by atoms with van der Waals surface area (Å²) in [5, 5.41) is 12.6. The first kappa shape index (κ1) is 26.1. The van der Waals surface area contributed by atoms with Crippen molar-refractivity contribution >= 4 is 28.6 Å². The van der Waals surface area contributed by atoms with E-state index >= 15 is 0 Å². The van der Waals surface area contributed by atoms with E-state index in [1.807, 2.05) is 38.1 Å². The molecule has 0 aliphatic heterocycles. The second-order valence-corrected chi connectivity index (χ2v) is 7.21. The van der Waals surface area contributed by atoms with Crippen LogP contribution in [0.2, 0.25) is 0 Å². The van der Waals surface area contributed by atoms with Gasteiger partial charge in [0.2, 0.25) is 0 Å². The van der Waals surface area contributed by atoms with Crippen LogP contribution in [-0.4, -0.2) is 55.1 Å². The smallest absolute Gasteiger partial charge is 0.373 e. The van der Waals surface area contributed by atoms with Crippen LogP contribution >= 0.6 is 0 Å². The molecule has 3 aromatic rings. The van der Waals surface area contributed by atoms with E-state index in [4.69, 9.17) is 34.6 Å².